The second-order valence-corrected chi connectivity index (χ2v) is 9.24. The second-order valence-electron chi connectivity index (χ2n) is 8.83. The zero-order valence-electron chi connectivity index (χ0n) is 18.2. The number of carbonyl (C=O) groups is 2. The van der Waals surface area contributed by atoms with Gasteiger partial charge in [0.15, 0.2) is 5.78 Å². The highest BCUT2D eigenvalue weighted by Crippen LogP contribution is 2.47. The number of rotatable bonds is 4. The molecule has 0 radical (unpaired) electrons. The Hall–Kier alpha value is -2.79. The van der Waals surface area contributed by atoms with Crippen molar-refractivity contribution < 1.29 is 18.7 Å². The van der Waals surface area contributed by atoms with E-state index in [4.69, 9.17) is 20.8 Å². The highest BCUT2D eigenvalue weighted by Gasteiger charge is 2.44. The topological polar surface area (TPSA) is 68.5 Å². The van der Waals surface area contributed by atoms with Gasteiger partial charge in [-0.2, -0.15) is 0 Å². The van der Waals surface area contributed by atoms with Crippen LogP contribution in [0.25, 0.3) is 11.3 Å². The molecule has 31 heavy (non-hydrogen) atoms. The Morgan fingerprint density at radius 1 is 1.23 bits per heavy atom. The molecule has 2 aliphatic rings. The summed E-state index contributed by atoms with van der Waals surface area (Å²) >= 11 is 6.35. The normalized spacial score (nSPS) is 20.4. The fourth-order valence-electron chi connectivity index (χ4n) is 4.51. The van der Waals surface area contributed by atoms with Crippen LogP contribution in [0, 0.1) is 5.41 Å². The van der Waals surface area contributed by atoms with Crippen molar-refractivity contribution >= 4 is 23.4 Å². The summed E-state index contributed by atoms with van der Waals surface area (Å²) in [4.78, 5) is 26.2. The molecule has 1 aliphatic heterocycles. The Balaban J connectivity index is 1.85. The van der Waals surface area contributed by atoms with E-state index in [1.165, 1.54) is 0 Å². The fraction of sp³-hybridized carbons (Fsp3) is 0.360. The van der Waals surface area contributed by atoms with Crippen LogP contribution in [0.15, 0.2) is 63.4 Å². The number of Topliss-reactive ketones (excluding diaryl/α,β-unsaturated/α-hetero) is 1. The number of hydrogen-bond donors (Lipinski definition) is 1. The van der Waals surface area contributed by atoms with Crippen LogP contribution in [-0.4, -0.2) is 18.4 Å². The molecule has 2 heterocycles. The van der Waals surface area contributed by atoms with Crippen LogP contribution in [0.4, 0.5) is 0 Å². The Morgan fingerprint density at radius 3 is 2.68 bits per heavy atom. The van der Waals surface area contributed by atoms with Crippen LogP contribution in [0.2, 0.25) is 5.02 Å². The summed E-state index contributed by atoms with van der Waals surface area (Å²) in [5.41, 5.74) is 3.15. The number of furan rings is 1. The quantitative estimate of drug-likeness (QED) is 0.612. The van der Waals surface area contributed by atoms with E-state index >= 15 is 0 Å². The maximum atomic E-state index is 13.3. The van der Waals surface area contributed by atoms with Crippen LogP contribution in [-0.2, 0) is 14.3 Å². The Bertz CT molecular complexity index is 1120. The monoisotopic (exact) mass is 439 g/mol. The highest BCUT2D eigenvalue weighted by atomic mass is 35.5. The van der Waals surface area contributed by atoms with E-state index in [0.717, 1.165) is 17.7 Å². The molecule has 0 saturated heterocycles. The highest BCUT2D eigenvalue weighted by molar-refractivity contribution is 6.33. The molecule has 0 bridgehead atoms. The molecule has 0 saturated carbocycles. The molecule has 1 aromatic heterocycles. The van der Waals surface area contributed by atoms with Gasteiger partial charge in [0.1, 0.15) is 11.5 Å². The van der Waals surface area contributed by atoms with Gasteiger partial charge in [-0.15, -0.1) is 0 Å². The first-order valence-electron chi connectivity index (χ1n) is 10.5. The third-order valence-corrected chi connectivity index (χ3v) is 6.12. The van der Waals surface area contributed by atoms with Gasteiger partial charge in [0, 0.05) is 29.0 Å². The number of allylic oxidation sites excluding steroid dienone is 3. The number of dihydropyridines is 1. The van der Waals surface area contributed by atoms with Crippen LogP contribution in [0.1, 0.15) is 52.2 Å². The number of ether oxygens (including phenoxy) is 1. The summed E-state index contributed by atoms with van der Waals surface area (Å²) in [6, 6.07) is 11.1. The number of carbonyl (C=O) groups excluding carboxylic acids is 2. The predicted molar refractivity (Wildman–Crippen MR) is 119 cm³/mol. The predicted octanol–water partition coefficient (Wildman–Crippen LogP) is 5.77. The smallest absolute Gasteiger partial charge is 0.336 e. The SMILES string of the molecule is CCOC(=O)C1=C(C)NC2=C(C(=O)CC(C)(C)C2)C1c1ccc(-c2ccccc2Cl)o1. The van der Waals surface area contributed by atoms with Gasteiger partial charge >= 0.3 is 5.97 Å². The molecule has 0 fully saturated rings. The van der Waals surface area contributed by atoms with E-state index in [0.29, 0.717) is 39.8 Å². The molecule has 1 aliphatic carbocycles. The van der Waals surface area contributed by atoms with Gasteiger partial charge in [0.2, 0.25) is 0 Å². The molecule has 1 unspecified atom stereocenters. The van der Waals surface area contributed by atoms with Gasteiger partial charge in [-0.1, -0.05) is 37.6 Å². The molecule has 5 nitrogen and oxygen atoms in total. The van der Waals surface area contributed by atoms with Crippen LogP contribution < -0.4 is 5.32 Å². The molecule has 6 heteroatoms. The number of halogens is 1. The van der Waals surface area contributed by atoms with Crippen LogP contribution in [0.5, 0.6) is 0 Å². The van der Waals surface area contributed by atoms with E-state index in [9.17, 15) is 9.59 Å². The lowest BCUT2D eigenvalue weighted by Crippen LogP contribution is -2.38. The van der Waals surface area contributed by atoms with Crippen molar-refractivity contribution in [3.63, 3.8) is 0 Å². The fourth-order valence-corrected chi connectivity index (χ4v) is 4.74. The van der Waals surface area contributed by atoms with E-state index in [1.807, 2.05) is 37.3 Å². The summed E-state index contributed by atoms with van der Waals surface area (Å²) in [6.07, 6.45) is 1.13. The molecule has 1 aromatic carbocycles. The zero-order valence-corrected chi connectivity index (χ0v) is 18.9. The van der Waals surface area contributed by atoms with Gasteiger partial charge < -0.3 is 14.5 Å². The van der Waals surface area contributed by atoms with Crippen molar-refractivity contribution in [2.24, 2.45) is 5.41 Å². The van der Waals surface area contributed by atoms with Crippen LogP contribution >= 0.6 is 11.6 Å². The van der Waals surface area contributed by atoms with E-state index in [1.54, 1.807) is 13.0 Å². The number of esters is 1. The lowest BCUT2D eigenvalue weighted by Gasteiger charge is -2.38. The molecule has 0 spiro atoms. The maximum Gasteiger partial charge on any atom is 0.336 e. The Labute approximate surface area is 187 Å². The first kappa shape index (κ1) is 21.4. The van der Waals surface area contributed by atoms with Crippen molar-refractivity contribution in [3.8, 4) is 11.3 Å². The average molecular weight is 440 g/mol. The molecule has 162 valence electrons. The minimum Gasteiger partial charge on any atom is -0.463 e. The number of nitrogens with one attached hydrogen (secondary N) is 1. The van der Waals surface area contributed by atoms with E-state index in [-0.39, 0.29) is 17.8 Å². The molecule has 0 amide bonds. The van der Waals surface area contributed by atoms with E-state index in [2.05, 4.69) is 19.2 Å². The van der Waals surface area contributed by atoms with Crippen molar-refractivity contribution in [2.45, 2.75) is 46.5 Å². The van der Waals surface area contributed by atoms with Gasteiger partial charge in [-0.3, -0.25) is 4.79 Å². The van der Waals surface area contributed by atoms with Gasteiger partial charge in [-0.25, -0.2) is 4.79 Å². The molecule has 2 aromatic rings. The summed E-state index contributed by atoms with van der Waals surface area (Å²) in [7, 11) is 0. The lowest BCUT2D eigenvalue weighted by molar-refractivity contribution is -0.138. The third kappa shape index (κ3) is 3.94. The lowest BCUT2D eigenvalue weighted by atomic mass is 9.69. The maximum absolute atomic E-state index is 13.3. The number of ketones is 1. The largest absolute Gasteiger partial charge is 0.463 e. The molecule has 1 N–H and O–H groups in total. The summed E-state index contributed by atoms with van der Waals surface area (Å²) in [5.74, 6) is 0.0753. The minimum atomic E-state index is -0.616. The second kappa shape index (κ2) is 8.04. The van der Waals surface area contributed by atoms with Crippen molar-refractivity contribution in [3.05, 3.63) is 69.7 Å². The molecular weight excluding hydrogens is 414 g/mol. The van der Waals surface area contributed by atoms with Crippen molar-refractivity contribution in [1.29, 1.82) is 0 Å². The minimum absolute atomic E-state index is 0.0220. The average Bonchev–Trinajstić information content (AvgIpc) is 3.16. The summed E-state index contributed by atoms with van der Waals surface area (Å²) in [5, 5.41) is 3.89. The molecular formula is C25H26ClNO4. The third-order valence-electron chi connectivity index (χ3n) is 5.79. The van der Waals surface area contributed by atoms with Gasteiger partial charge in [-0.05, 0) is 49.9 Å². The van der Waals surface area contributed by atoms with E-state index < -0.39 is 11.9 Å². The Morgan fingerprint density at radius 2 is 1.97 bits per heavy atom. The van der Waals surface area contributed by atoms with Crippen molar-refractivity contribution in [1.82, 2.24) is 5.32 Å². The summed E-state index contributed by atoms with van der Waals surface area (Å²) < 4.78 is 11.5. The van der Waals surface area contributed by atoms with Crippen LogP contribution in [0.3, 0.4) is 0 Å². The Kier molecular flexibility index (Phi) is 5.56. The zero-order chi connectivity index (χ0) is 22.3. The molecule has 1 atom stereocenters. The number of benzene rings is 1. The summed E-state index contributed by atoms with van der Waals surface area (Å²) in [6.45, 7) is 8.01. The first-order chi connectivity index (χ1) is 14.7. The first-order valence-corrected chi connectivity index (χ1v) is 10.9. The standard InChI is InChI=1S/C25H26ClNO4/c1-5-30-24(29)21-14(2)27-17-12-25(3,4)13-18(28)22(17)23(21)20-11-10-19(31-20)15-8-6-7-9-16(15)26/h6-11,23,27H,5,12-13H2,1-4H3. The number of hydrogen-bond acceptors (Lipinski definition) is 5. The van der Waals surface area contributed by atoms with Crippen molar-refractivity contribution in [2.75, 3.05) is 6.61 Å². The van der Waals surface area contributed by atoms with Gasteiger partial charge in [0.05, 0.1) is 23.1 Å². The molecule has 4 rings (SSSR count). The van der Waals surface area contributed by atoms with Gasteiger partial charge in [0.25, 0.3) is 0 Å².